The first-order chi connectivity index (χ1) is 7.73. The van der Waals surface area contributed by atoms with E-state index >= 15 is 0 Å². The molecule has 0 rings (SSSR count). The van der Waals surface area contributed by atoms with Gasteiger partial charge in [-0.25, -0.2) is 0 Å². The molecule has 0 spiro atoms. The smallest absolute Gasteiger partial charge is 0.320 e. The third-order valence-corrected chi connectivity index (χ3v) is 2.17. The zero-order chi connectivity index (χ0) is 13.6. The molecule has 0 aliphatic rings. The summed E-state index contributed by atoms with van der Waals surface area (Å²) in [6, 6.07) is 0. The van der Waals surface area contributed by atoms with Gasteiger partial charge in [0.25, 0.3) is 0 Å². The molecule has 0 aromatic carbocycles. The van der Waals surface area contributed by atoms with Crippen molar-refractivity contribution in [3.05, 3.63) is 0 Å². The van der Waals surface area contributed by atoms with E-state index in [0.717, 1.165) is 0 Å². The molecule has 0 aliphatic heterocycles. The van der Waals surface area contributed by atoms with Crippen molar-refractivity contribution in [3.63, 3.8) is 0 Å². The van der Waals surface area contributed by atoms with E-state index in [2.05, 4.69) is 0 Å². The van der Waals surface area contributed by atoms with E-state index in [-0.39, 0.29) is 5.06 Å². The number of hydrogen-bond acceptors (Lipinski definition) is 6. The molecule has 0 amide bonds. The fourth-order valence-corrected chi connectivity index (χ4v) is 1.35. The molecule has 0 fully saturated rings. The highest BCUT2D eigenvalue weighted by Crippen LogP contribution is 2.21. The Hall–Kier alpha value is -1.71. The Morgan fingerprint density at radius 3 is 1.65 bits per heavy atom. The standard InChI is InChI=1S/C8H14N2O7/c9-4-8(1-5(11)12,2-6(13)14)10(17)3-7(15)16/h17H,1-4,9H2,(H,11,12)(H,13,14)(H,15,16). The predicted molar refractivity (Wildman–Crippen MR) is 52.4 cm³/mol. The highest BCUT2D eigenvalue weighted by atomic mass is 16.5. The van der Waals surface area contributed by atoms with Crippen LogP contribution < -0.4 is 5.73 Å². The lowest BCUT2D eigenvalue weighted by atomic mass is 9.90. The van der Waals surface area contributed by atoms with Gasteiger partial charge in [0.15, 0.2) is 0 Å². The van der Waals surface area contributed by atoms with Crippen molar-refractivity contribution >= 4 is 17.9 Å². The molecule has 0 aromatic rings. The van der Waals surface area contributed by atoms with Crippen LogP contribution in [0.15, 0.2) is 0 Å². The largest absolute Gasteiger partial charge is 0.481 e. The van der Waals surface area contributed by atoms with Crippen LogP contribution >= 0.6 is 0 Å². The SMILES string of the molecule is NCC(CC(=O)O)(CC(=O)O)N(O)CC(=O)O. The van der Waals surface area contributed by atoms with Gasteiger partial charge in [0.2, 0.25) is 0 Å². The maximum Gasteiger partial charge on any atom is 0.320 e. The van der Waals surface area contributed by atoms with Gasteiger partial charge in [-0.15, -0.1) is 0 Å². The third-order valence-electron chi connectivity index (χ3n) is 2.17. The summed E-state index contributed by atoms with van der Waals surface area (Å²) in [6.45, 7) is -1.42. The van der Waals surface area contributed by atoms with Gasteiger partial charge in [-0.1, -0.05) is 0 Å². The summed E-state index contributed by atoms with van der Waals surface area (Å²) in [4.78, 5) is 31.6. The number of nitrogens with zero attached hydrogens (tertiary/aromatic N) is 1. The normalized spacial score (nSPS) is 11.5. The van der Waals surface area contributed by atoms with E-state index < -0.39 is 49.4 Å². The zero-order valence-electron chi connectivity index (χ0n) is 8.87. The van der Waals surface area contributed by atoms with Gasteiger partial charge in [-0.2, -0.15) is 5.06 Å². The van der Waals surface area contributed by atoms with Crippen molar-refractivity contribution in [2.45, 2.75) is 18.4 Å². The summed E-state index contributed by atoms with van der Waals surface area (Å²) in [5, 5.41) is 35.4. The topological polar surface area (TPSA) is 161 Å². The summed E-state index contributed by atoms with van der Waals surface area (Å²) in [5.74, 6) is -4.21. The monoisotopic (exact) mass is 250 g/mol. The number of carboxylic acid groups (broad SMARTS) is 3. The van der Waals surface area contributed by atoms with Gasteiger partial charge < -0.3 is 26.3 Å². The number of hydrogen-bond donors (Lipinski definition) is 5. The highest BCUT2D eigenvalue weighted by Gasteiger charge is 2.40. The second-order valence-corrected chi connectivity index (χ2v) is 3.52. The van der Waals surface area contributed by atoms with Crippen LogP contribution in [-0.4, -0.2) is 62.1 Å². The van der Waals surface area contributed by atoms with E-state index in [4.69, 9.17) is 21.1 Å². The van der Waals surface area contributed by atoms with Crippen LogP contribution in [-0.2, 0) is 14.4 Å². The van der Waals surface area contributed by atoms with Gasteiger partial charge in [-0.3, -0.25) is 14.4 Å². The molecule has 0 atom stereocenters. The number of nitrogens with two attached hydrogens (primary N) is 1. The summed E-state index contributed by atoms with van der Waals surface area (Å²) < 4.78 is 0. The first-order valence-corrected chi connectivity index (χ1v) is 4.55. The second kappa shape index (κ2) is 6.13. The average molecular weight is 250 g/mol. The lowest BCUT2D eigenvalue weighted by molar-refractivity contribution is -0.196. The highest BCUT2D eigenvalue weighted by molar-refractivity contribution is 5.74. The van der Waals surface area contributed by atoms with Gasteiger partial charge in [0.05, 0.1) is 18.4 Å². The first-order valence-electron chi connectivity index (χ1n) is 4.55. The average Bonchev–Trinajstić information content (AvgIpc) is 2.13. The Bertz CT molecular complexity index is 301. The molecule has 0 radical (unpaired) electrons. The molecule has 9 nitrogen and oxygen atoms in total. The Morgan fingerprint density at radius 2 is 1.41 bits per heavy atom. The molecule has 9 heteroatoms. The van der Waals surface area contributed by atoms with Crippen LogP contribution in [0.5, 0.6) is 0 Å². The molecule has 0 saturated heterocycles. The molecule has 0 aromatic heterocycles. The number of carbonyl (C=O) groups is 3. The lowest BCUT2D eigenvalue weighted by Gasteiger charge is -2.35. The molecule has 17 heavy (non-hydrogen) atoms. The van der Waals surface area contributed by atoms with Crippen LogP contribution in [0.4, 0.5) is 0 Å². The van der Waals surface area contributed by atoms with Gasteiger partial charge in [0.1, 0.15) is 6.54 Å². The molecular formula is C8H14N2O7. The minimum Gasteiger partial charge on any atom is -0.481 e. The van der Waals surface area contributed by atoms with E-state index in [0.29, 0.717) is 0 Å². The minimum atomic E-state index is -1.84. The Labute approximate surface area is 96.0 Å². The lowest BCUT2D eigenvalue weighted by Crippen LogP contribution is -2.56. The van der Waals surface area contributed by atoms with Crippen molar-refractivity contribution in [1.29, 1.82) is 0 Å². The van der Waals surface area contributed by atoms with E-state index in [1.807, 2.05) is 0 Å². The fraction of sp³-hybridized carbons (Fsp3) is 0.625. The van der Waals surface area contributed by atoms with Crippen LogP contribution in [0.1, 0.15) is 12.8 Å². The predicted octanol–water partition coefficient (Wildman–Crippen LogP) is -1.59. The Morgan fingerprint density at radius 1 is 1.00 bits per heavy atom. The zero-order valence-corrected chi connectivity index (χ0v) is 8.87. The number of hydroxylamine groups is 2. The summed E-state index contributed by atoms with van der Waals surface area (Å²) in [5.41, 5.74) is 3.42. The van der Waals surface area contributed by atoms with Crippen LogP contribution in [0.3, 0.4) is 0 Å². The molecule has 0 bridgehead atoms. The van der Waals surface area contributed by atoms with Crippen molar-refractivity contribution < 1.29 is 34.9 Å². The fourth-order valence-electron chi connectivity index (χ4n) is 1.35. The Kier molecular flexibility index (Phi) is 5.51. The number of carboxylic acids is 3. The molecule has 0 heterocycles. The van der Waals surface area contributed by atoms with E-state index in [9.17, 15) is 19.6 Å². The first kappa shape index (κ1) is 15.3. The second-order valence-electron chi connectivity index (χ2n) is 3.52. The molecule has 6 N–H and O–H groups in total. The molecule has 0 unspecified atom stereocenters. The number of aliphatic carboxylic acids is 3. The quantitative estimate of drug-likeness (QED) is 0.319. The van der Waals surface area contributed by atoms with Crippen molar-refractivity contribution in [3.8, 4) is 0 Å². The minimum absolute atomic E-state index is 0.150. The molecule has 0 aliphatic carbocycles. The summed E-state index contributed by atoms with van der Waals surface area (Å²) in [6.07, 6.45) is -1.56. The third kappa shape index (κ3) is 4.76. The molecule has 0 saturated carbocycles. The molecular weight excluding hydrogens is 236 g/mol. The maximum absolute atomic E-state index is 10.6. The summed E-state index contributed by atoms with van der Waals surface area (Å²) in [7, 11) is 0. The van der Waals surface area contributed by atoms with E-state index in [1.54, 1.807) is 0 Å². The van der Waals surface area contributed by atoms with Gasteiger partial charge in [-0.05, 0) is 0 Å². The van der Waals surface area contributed by atoms with Gasteiger partial charge in [0, 0.05) is 6.54 Å². The van der Waals surface area contributed by atoms with Crippen LogP contribution in [0.25, 0.3) is 0 Å². The summed E-state index contributed by atoms with van der Waals surface area (Å²) >= 11 is 0. The van der Waals surface area contributed by atoms with E-state index in [1.165, 1.54) is 0 Å². The number of rotatable bonds is 8. The van der Waals surface area contributed by atoms with Crippen LogP contribution in [0.2, 0.25) is 0 Å². The van der Waals surface area contributed by atoms with Crippen LogP contribution in [0, 0.1) is 0 Å². The molecule has 98 valence electrons. The van der Waals surface area contributed by atoms with Crippen molar-refractivity contribution in [2.75, 3.05) is 13.1 Å². The maximum atomic E-state index is 10.6. The van der Waals surface area contributed by atoms with Gasteiger partial charge >= 0.3 is 17.9 Å². The Balaban J connectivity index is 5.07. The van der Waals surface area contributed by atoms with Crippen molar-refractivity contribution in [2.24, 2.45) is 5.73 Å². The van der Waals surface area contributed by atoms with Crippen molar-refractivity contribution in [1.82, 2.24) is 5.06 Å².